The van der Waals surface area contributed by atoms with Gasteiger partial charge in [-0.25, -0.2) is 0 Å². The van der Waals surface area contributed by atoms with E-state index in [2.05, 4.69) is 5.32 Å². The molecule has 2 amide bonds. The summed E-state index contributed by atoms with van der Waals surface area (Å²) in [7, 11) is 0. The molecule has 1 atom stereocenters. The van der Waals surface area contributed by atoms with Gasteiger partial charge in [-0.05, 0) is 30.7 Å². The van der Waals surface area contributed by atoms with Crippen LogP contribution in [0.4, 0.5) is 17.1 Å². The SMILES string of the molecule is Nc1ccc(C(=O)NC2CCN(c3ccccc3)C2=O)cc1[N+](=O)[O-]. The Morgan fingerprint density at radius 3 is 2.64 bits per heavy atom. The summed E-state index contributed by atoms with van der Waals surface area (Å²) in [5, 5.41) is 13.6. The van der Waals surface area contributed by atoms with Crippen LogP contribution in [0.25, 0.3) is 0 Å². The second-order valence-electron chi connectivity index (χ2n) is 5.67. The topological polar surface area (TPSA) is 119 Å². The highest BCUT2D eigenvalue weighted by atomic mass is 16.6. The van der Waals surface area contributed by atoms with E-state index in [1.807, 2.05) is 30.3 Å². The molecule has 0 aromatic heterocycles. The molecule has 1 unspecified atom stereocenters. The molecule has 0 spiro atoms. The number of nitro groups is 1. The van der Waals surface area contributed by atoms with Crippen molar-refractivity contribution in [1.29, 1.82) is 0 Å². The van der Waals surface area contributed by atoms with Crippen LogP contribution in [0.5, 0.6) is 0 Å². The smallest absolute Gasteiger partial charge is 0.292 e. The van der Waals surface area contributed by atoms with E-state index in [1.165, 1.54) is 12.1 Å². The Bertz CT molecular complexity index is 838. The lowest BCUT2D eigenvalue weighted by molar-refractivity contribution is -0.383. The van der Waals surface area contributed by atoms with Crippen molar-refractivity contribution in [3.05, 3.63) is 64.2 Å². The Morgan fingerprint density at radius 2 is 1.96 bits per heavy atom. The molecular weight excluding hydrogens is 324 g/mol. The standard InChI is InChI=1S/C17H16N4O4/c18-13-7-6-11(10-15(13)21(24)25)16(22)19-14-8-9-20(17(14)23)12-4-2-1-3-5-12/h1-7,10,14H,8-9,18H2,(H,19,22). The minimum atomic E-state index is -0.663. The van der Waals surface area contributed by atoms with Gasteiger partial charge in [0.25, 0.3) is 11.6 Å². The Labute approximate surface area is 143 Å². The van der Waals surface area contributed by atoms with Crippen LogP contribution in [0.2, 0.25) is 0 Å². The van der Waals surface area contributed by atoms with Gasteiger partial charge in [0, 0.05) is 23.9 Å². The number of nitro benzene ring substituents is 1. The third-order valence-corrected chi connectivity index (χ3v) is 4.07. The Hall–Kier alpha value is -3.42. The molecule has 3 rings (SSSR count). The fourth-order valence-electron chi connectivity index (χ4n) is 2.76. The summed E-state index contributed by atoms with van der Waals surface area (Å²) in [5.41, 5.74) is 6.03. The molecule has 0 aliphatic carbocycles. The number of carbonyl (C=O) groups is 2. The maximum Gasteiger partial charge on any atom is 0.292 e. The van der Waals surface area contributed by atoms with Crippen LogP contribution in [-0.2, 0) is 4.79 Å². The molecule has 8 heteroatoms. The largest absolute Gasteiger partial charge is 0.393 e. The average Bonchev–Trinajstić information content (AvgIpc) is 2.96. The van der Waals surface area contributed by atoms with Gasteiger partial charge in [-0.2, -0.15) is 0 Å². The highest BCUT2D eigenvalue weighted by Crippen LogP contribution is 2.24. The van der Waals surface area contributed by atoms with Crippen molar-refractivity contribution >= 4 is 28.9 Å². The van der Waals surface area contributed by atoms with Gasteiger partial charge in [0.1, 0.15) is 11.7 Å². The third-order valence-electron chi connectivity index (χ3n) is 4.07. The highest BCUT2D eigenvalue weighted by molar-refractivity contribution is 6.04. The molecule has 8 nitrogen and oxygen atoms in total. The fourth-order valence-corrected chi connectivity index (χ4v) is 2.76. The lowest BCUT2D eigenvalue weighted by atomic mass is 10.1. The molecule has 2 aromatic carbocycles. The number of rotatable bonds is 4. The third kappa shape index (κ3) is 3.27. The number of hydrogen-bond donors (Lipinski definition) is 2. The zero-order valence-electron chi connectivity index (χ0n) is 13.2. The summed E-state index contributed by atoms with van der Waals surface area (Å²) in [6.45, 7) is 0.496. The highest BCUT2D eigenvalue weighted by Gasteiger charge is 2.33. The predicted octanol–water partition coefficient (Wildman–Crippen LogP) is 1.71. The molecule has 3 N–H and O–H groups in total. The Kier molecular flexibility index (Phi) is 4.34. The average molecular weight is 340 g/mol. The van der Waals surface area contributed by atoms with Crippen molar-refractivity contribution in [2.45, 2.75) is 12.5 Å². The molecule has 2 aromatic rings. The van der Waals surface area contributed by atoms with Gasteiger partial charge < -0.3 is 16.0 Å². The number of carbonyl (C=O) groups excluding carboxylic acids is 2. The molecular formula is C17H16N4O4. The first-order valence-electron chi connectivity index (χ1n) is 7.68. The minimum Gasteiger partial charge on any atom is -0.393 e. The van der Waals surface area contributed by atoms with Crippen molar-refractivity contribution in [3.63, 3.8) is 0 Å². The molecule has 1 heterocycles. The normalized spacial score (nSPS) is 16.7. The predicted molar refractivity (Wildman–Crippen MR) is 92.2 cm³/mol. The first-order chi connectivity index (χ1) is 12.0. The first-order valence-corrected chi connectivity index (χ1v) is 7.68. The molecule has 1 aliphatic rings. The van der Waals surface area contributed by atoms with E-state index in [9.17, 15) is 19.7 Å². The molecule has 128 valence electrons. The number of anilines is 2. The van der Waals surface area contributed by atoms with E-state index in [0.717, 1.165) is 11.8 Å². The maximum absolute atomic E-state index is 12.5. The summed E-state index contributed by atoms with van der Waals surface area (Å²) in [5.74, 6) is -0.749. The first kappa shape index (κ1) is 16.4. The molecule has 1 saturated heterocycles. The van der Waals surface area contributed by atoms with Gasteiger partial charge in [0.2, 0.25) is 5.91 Å². The van der Waals surface area contributed by atoms with E-state index in [4.69, 9.17) is 5.73 Å². The molecule has 1 aliphatic heterocycles. The van der Waals surface area contributed by atoms with Crippen molar-refractivity contribution in [3.8, 4) is 0 Å². The van der Waals surface area contributed by atoms with Gasteiger partial charge in [-0.1, -0.05) is 18.2 Å². The Balaban J connectivity index is 1.73. The van der Waals surface area contributed by atoms with Crippen molar-refractivity contribution in [1.82, 2.24) is 5.32 Å². The van der Waals surface area contributed by atoms with E-state index in [0.29, 0.717) is 13.0 Å². The van der Waals surface area contributed by atoms with Gasteiger partial charge in [-0.3, -0.25) is 19.7 Å². The number of benzene rings is 2. The van der Waals surface area contributed by atoms with Crippen LogP contribution in [0.15, 0.2) is 48.5 Å². The second-order valence-corrected chi connectivity index (χ2v) is 5.67. The number of nitrogens with one attached hydrogen (secondary N) is 1. The van der Waals surface area contributed by atoms with Gasteiger partial charge in [-0.15, -0.1) is 0 Å². The number of nitrogens with two attached hydrogens (primary N) is 1. The number of para-hydroxylation sites is 1. The number of amides is 2. The minimum absolute atomic E-state index is 0.0197. The lowest BCUT2D eigenvalue weighted by Gasteiger charge is -2.17. The van der Waals surface area contributed by atoms with E-state index < -0.39 is 16.9 Å². The van der Waals surface area contributed by atoms with Gasteiger partial charge >= 0.3 is 0 Å². The quantitative estimate of drug-likeness (QED) is 0.499. The van der Waals surface area contributed by atoms with E-state index in [1.54, 1.807) is 4.90 Å². The molecule has 0 saturated carbocycles. The Morgan fingerprint density at radius 1 is 1.24 bits per heavy atom. The van der Waals surface area contributed by atoms with Crippen LogP contribution in [0, 0.1) is 10.1 Å². The van der Waals surface area contributed by atoms with Crippen molar-refractivity contribution < 1.29 is 14.5 Å². The number of nitrogens with zero attached hydrogens (tertiary/aromatic N) is 2. The summed E-state index contributed by atoms with van der Waals surface area (Å²) in [6.07, 6.45) is 0.469. The van der Waals surface area contributed by atoms with Crippen LogP contribution < -0.4 is 16.0 Å². The van der Waals surface area contributed by atoms with Crippen molar-refractivity contribution in [2.75, 3.05) is 17.2 Å². The summed E-state index contributed by atoms with van der Waals surface area (Å²) in [6, 6.07) is 12.3. The summed E-state index contributed by atoms with van der Waals surface area (Å²) >= 11 is 0. The number of nitrogen functional groups attached to an aromatic ring is 1. The van der Waals surface area contributed by atoms with Gasteiger partial charge in [0.05, 0.1) is 4.92 Å². The molecule has 25 heavy (non-hydrogen) atoms. The summed E-state index contributed by atoms with van der Waals surface area (Å²) in [4.78, 5) is 36.7. The van der Waals surface area contributed by atoms with Gasteiger partial charge in [0.15, 0.2) is 0 Å². The van der Waals surface area contributed by atoms with E-state index in [-0.39, 0.29) is 22.8 Å². The molecule has 1 fully saturated rings. The second kappa shape index (κ2) is 6.60. The number of hydrogen-bond acceptors (Lipinski definition) is 5. The molecule has 0 bridgehead atoms. The fraction of sp³-hybridized carbons (Fsp3) is 0.176. The lowest BCUT2D eigenvalue weighted by Crippen LogP contribution is -2.41. The maximum atomic E-state index is 12.5. The van der Waals surface area contributed by atoms with E-state index >= 15 is 0 Å². The van der Waals surface area contributed by atoms with Crippen LogP contribution in [0.1, 0.15) is 16.8 Å². The molecule has 0 radical (unpaired) electrons. The van der Waals surface area contributed by atoms with Crippen LogP contribution >= 0.6 is 0 Å². The monoisotopic (exact) mass is 340 g/mol. The summed E-state index contributed by atoms with van der Waals surface area (Å²) < 4.78 is 0. The zero-order valence-corrected chi connectivity index (χ0v) is 13.2. The van der Waals surface area contributed by atoms with Crippen LogP contribution in [0.3, 0.4) is 0 Å². The van der Waals surface area contributed by atoms with Crippen molar-refractivity contribution in [2.24, 2.45) is 0 Å². The zero-order chi connectivity index (χ0) is 18.0. The van der Waals surface area contributed by atoms with Crippen LogP contribution in [-0.4, -0.2) is 29.3 Å².